The van der Waals surface area contributed by atoms with Crippen LogP contribution in [-0.2, 0) is 0 Å². The largest absolute Gasteiger partial charge is 0.337 e. The molecular weight excluding hydrogens is 208 g/mol. The SMILES string of the molecule is CC1(C)CCN(C(=O)c2cscn2)CC1. The van der Waals surface area contributed by atoms with Gasteiger partial charge in [-0.2, -0.15) is 0 Å². The number of piperidine rings is 1. The zero-order valence-electron chi connectivity index (χ0n) is 9.19. The maximum atomic E-state index is 11.9. The van der Waals surface area contributed by atoms with Gasteiger partial charge < -0.3 is 4.90 Å². The van der Waals surface area contributed by atoms with Gasteiger partial charge in [0.15, 0.2) is 0 Å². The van der Waals surface area contributed by atoms with Crippen molar-refractivity contribution >= 4 is 17.2 Å². The van der Waals surface area contributed by atoms with Crippen LogP contribution < -0.4 is 0 Å². The minimum Gasteiger partial charge on any atom is -0.337 e. The van der Waals surface area contributed by atoms with Crippen molar-refractivity contribution in [2.75, 3.05) is 13.1 Å². The van der Waals surface area contributed by atoms with E-state index < -0.39 is 0 Å². The first-order chi connectivity index (χ1) is 7.08. The fourth-order valence-electron chi connectivity index (χ4n) is 1.80. The number of amides is 1. The van der Waals surface area contributed by atoms with Crippen molar-refractivity contribution in [2.45, 2.75) is 26.7 Å². The second-order valence-electron chi connectivity index (χ2n) is 4.83. The Labute approximate surface area is 94.1 Å². The van der Waals surface area contributed by atoms with Gasteiger partial charge in [0.05, 0.1) is 5.51 Å². The van der Waals surface area contributed by atoms with Crippen LogP contribution in [0.4, 0.5) is 0 Å². The first-order valence-electron chi connectivity index (χ1n) is 5.26. The Balaban J connectivity index is 2.00. The van der Waals surface area contributed by atoms with Crippen LogP contribution in [0.5, 0.6) is 0 Å². The summed E-state index contributed by atoms with van der Waals surface area (Å²) in [6, 6.07) is 0. The Morgan fingerprint density at radius 1 is 1.47 bits per heavy atom. The molecule has 1 amide bonds. The number of hydrogen-bond acceptors (Lipinski definition) is 3. The van der Waals surface area contributed by atoms with Crippen molar-refractivity contribution < 1.29 is 4.79 Å². The third-order valence-electron chi connectivity index (χ3n) is 3.06. The molecule has 0 aliphatic carbocycles. The summed E-state index contributed by atoms with van der Waals surface area (Å²) < 4.78 is 0. The molecule has 0 unspecified atom stereocenters. The molecule has 3 nitrogen and oxygen atoms in total. The van der Waals surface area contributed by atoms with E-state index >= 15 is 0 Å². The average Bonchev–Trinajstić information content (AvgIpc) is 2.69. The van der Waals surface area contributed by atoms with Crippen LogP contribution in [0.1, 0.15) is 37.2 Å². The molecule has 1 aliphatic heterocycles. The number of carbonyl (C=O) groups is 1. The minimum atomic E-state index is 0.0896. The lowest BCUT2D eigenvalue weighted by atomic mass is 9.82. The molecule has 1 saturated heterocycles. The minimum absolute atomic E-state index is 0.0896. The Hall–Kier alpha value is -0.900. The molecule has 1 aromatic heterocycles. The van der Waals surface area contributed by atoms with E-state index in [0.717, 1.165) is 25.9 Å². The molecule has 2 heterocycles. The van der Waals surface area contributed by atoms with Gasteiger partial charge in [-0.05, 0) is 18.3 Å². The van der Waals surface area contributed by atoms with Gasteiger partial charge in [0.1, 0.15) is 5.69 Å². The summed E-state index contributed by atoms with van der Waals surface area (Å²) in [5.41, 5.74) is 2.69. The summed E-state index contributed by atoms with van der Waals surface area (Å²) in [4.78, 5) is 17.9. The van der Waals surface area contributed by atoms with Crippen LogP contribution in [0, 0.1) is 5.41 Å². The van der Waals surface area contributed by atoms with Crippen LogP contribution in [0.15, 0.2) is 10.9 Å². The Kier molecular flexibility index (Phi) is 2.78. The number of rotatable bonds is 1. The summed E-state index contributed by atoms with van der Waals surface area (Å²) in [5.74, 6) is 0.0896. The predicted octanol–water partition coefficient (Wildman–Crippen LogP) is 2.41. The van der Waals surface area contributed by atoms with Crippen molar-refractivity contribution in [3.8, 4) is 0 Å². The summed E-state index contributed by atoms with van der Waals surface area (Å²) in [6.07, 6.45) is 2.17. The van der Waals surface area contributed by atoms with Gasteiger partial charge >= 0.3 is 0 Å². The molecule has 82 valence electrons. The second-order valence-corrected chi connectivity index (χ2v) is 5.55. The molecule has 0 atom stereocenters. The highest BCUT2D eigenvalue weighted by atomic mass is 32.1. The molecule has 0 saturated carbocycles. The summed E-state index contributed by atoms with van der Waals surface area (Å²) >= 11 is 1.47. The monoisotopic (exact) mass is 224 g/mol. The molecule has 0 radical (unpaired) electrons. The van der Waals surface area contributed by atoms with E-state index in [1.165, 1.54) is 11.3 Å². The van der Waals surface area contributed by atoms with Crippen molar-refractivity contribution in [2.24, 2.45) is 5.41 Å². The van der Waals surface area contributed by atoms with E-state index in [1.54, 1.807) is 5.51 Å². The Morgan fingerprint density at radius 2 is 2.13 bits per heavy atom. The first-order valence-corrected chi connectivity index (χ1v) is 6.20. The van der Waals surface area contributed by atoms with Gasteiger partial charge in [-0.15, -0.1) is 11.3 Å². The maximum absolute atomic E-state index is 11.9. The second kappa shape index (κ2) is 3.93. The Morgan fingerprint density at radius 3 is 2.67 bits per heavy atom. The van der Waals surface area contributed by atoms with Crippen LogP contribution in [0.25, 0.3) is 0 Å². The van der Waals surface area contributed by atoms with E-state index in [-0.39, 0.29) is 5.91 Å². The van der Waals surface area contributed by atoms with Crippen LogP contribution in [0.2, 0.25) is 0 Å². The van der Waals surface area contributed by atoms with Gasteiger partial charge in [0.2, 0.25) is 0 Å². The molecule has 1 aromatic rings. The van der Waals surface area contributed by atoms with Crippen molar-refractivity contribution in [1.82, 2.24) is 9.88 Å². The third kappa shape index (κ3) is 2.37. The van der Waals surface area contributed by atoms with Crippen molar-refractivity contribution in [3.63, 3.8) is 0 Å². The highest BCUT2D eigenvalue weighted by Gasteiger charge is 2.28. The van der Waals surface area contributed by atoms with Gasteiger partial charge in [-0.1, -0.05) is 13.8 Å². The topological polar surface area (TPSA) is 33.2 Å². The lowest BCUT2D eigenvalue weighted by molar-refractivity contribution is 0.0625. The predicted molar refractivity (Wildman–Crippen MR) is 61.0 cm³/mol. The van der Waals surface area contributed by atoms with E-state index in [1.807, 2.05) is 10.3 Å². The number of hydrogen-bond donors (Lipinski definition) is 0. The van der Waals surface area contributed by atoms with Crippen LogP contribution >= 0.6 is 11.3 Å². The number of aromatic nitrogens is 1. The molecule has 4 heteroatoms. The molecule has 1 aliphatic rings. The van der Waals surface area contributed by atoms with Gasteiger partial charge in [-0.25, -0.2) is 4.98 Å². The third-order valence-corrected chi connectivity index (χ3v) is 3.64. The standard InChI is InChI=1S/C11H16N2OS/c1-11(2)3-5-13(6-4-11)10(14)9-7-15-8-12-9/h7-8H,3-6H2,1-2H3. The number of likely N-dealkylation sites (tertiary alicyclic amines) is 1. The molecule has 0 aromatic carbocycles. The first kappa shape index (κ1) is 10.6. The van der Waals surface area contributed by atoms with Crippen LogP contribution in [0.3, 0.4) is 0 Å². The van der Waals surface area contributed by atoms with Crippen molar-refractivity contribution in [1.29, 1.82) is 0 Å². The molecule has 0 spiro atoms. The van der Waals surface area contributed by atoms with Gasteiger partial charge in [0, 0.05) is 18.5 Å². The van der Waals surface area contributed by atoms with Crippen LogP contribution in [-0.4, -0.2) is 28.9 Å². The fraction of sp³-hybridized carbons (Fsp3) is 0.636. The number of thiazole rings is 1. The lowest BCUT2D eigenvalue weighted by Gasteiger charge is -2.36. The van der Waals surface area contributed by atoms with Gasteiger partial charge in [-0.3, -0.25) is 4.79 Å². The maximum Gasteiger partial charge on any atom is 0.273 e. The highest BCUT2D eigenvalue weighted by Crippen LogP contribution is 2.30. The summed E-state index contributed by atoms with van der Waals surface area (Å²) in [6.45, 7) is 6.25. The lowest BCUT2D eigenvalue weighted by Crippen LogP contribution is -2.41. The summed E-state index contributed by atoms with van der Waals surface area (Å²) in [7, 11) is 0. The van der Waals surface area contributed by atoms with E-state index in [2.05, 4.69) is 18.8 Å². The average molecular weight is 224 g/mol. The highest BCUT2D eigenvalue weighted by molar-refractivity contribution is 7.07. The number of nitrogens with zero attached hydrogens (tertiary/aromatic N) is 2. The molecule has 0 N–H and O–H groups in total. The molecule has 15 heavy (non-hydrogen) atoms. The van der Waals surface area contributed by atoms with E-state index in [0.29, 0.717) is 11.1 Å². The van der Waals surface area contributed by atoms with E-state index in [4.69, 9.17) is 0 Å². The Bertz CT molecular complexity index is 335. The molecular formula is C11H16N2OS. The van der Waals surface area contributed by atoms with E-state index in [9.17, 15) is 4.79 Å². The summed E-state index contributed by atoms with van der Waals surface area (Å²) in [5, 5.41) is 1.82. The normalized spacial score (nSPS) is 20.3. The smallest absolute Gasteiger partial charge is 0.273 e. The zero-order valence-corrected chi connectivity index (χ0v) is 10.0. The molecule has 2 rings (SSSR count). The molecule has 0 bridgehead atoms. The van der Waals surface area contributed by atoms with Gasteiger partial charge in [0.25, 0.3) is 5.91 Å². The fourth-order valence-corrected chi connectivity index (χ4v) is 2.32. The zero-order chi connectivity index (χ0) is 10.9. The quantitative estimate of drug-likeness (QED) is 0.734. The molecule has 1 fully saturated rings. The number of carbonyl (C=O) groups excluding carboxylic acids is 1. The van der Waals surface area contributed by atoms with Crippen molar-refractivity contribution in [3.05, 3.63) is 16.6 Å².